The van der Waals surface area contributed by atoms with Crippen LogP contribution in [0.15, 0.2) is 24.3 Å². The second-order valence-electron chi connectivity index (χ2n) is 16.1. The van der Waals surface area contributed by atoms with Crippen LogP contribution in [0.2, 0.25) is 0 Å². The molecule has 8 bridgehead atoms. The van der Waals surface area contributed by atoms with E-state index in [2.05, 4.69) is 24.3 Å². The fourth-order valence-electron chi connectivity index (χ4n) is 12.2. The van der Waals surface area contributed by atoms with Crippen molar-refractivity contribution in [2.75, 3.05) is 0 Å². The molecule has 0 aromatic rings. The molecule has 10 rings (SSSR count). The predicted molar refractivity (Wildman–Crippen MR) is 151 cm³/mol. The molecule has 2 heteroatoms. The Bertz CT molecular complexity index is 877. The fourth-order valence-corrected chi connectivity index (χ4v) is 12.2. The number of allylic oxidation sites excluding steroid dienone is 4. The number of unbranched alkanes of at least 4 members (excludes halogenated alkanes) is 2. The average Bonchev–Trinajstić information content (AvgIpc) is 3.42. The first-order chi connectivity index (χ1) is 18.8. The molecule has 0 spiro atoms. The molecule has 2 aliphatic heterocycles. The standard InChI is InChI=1S/C18H26O2.C18H26/c1(3-9-5-11-7-13(9)17-15(11)19-17)2-4-10-6-12-8-14(10)18-16(12)20-18;1(3-15-9-13-5-7-17(15)11-13)2-4-16-10-14-6-8-18(16)12-14/h9-18H,1-8H2;5-8,13-18H,1-4,9-12H2. The molecule has 0 N–H and O–H groups in total. The first-order valence-corrected chi connectivity index (χ1v) is 17.4. The lowest BCUT2D eigenvalue weighted by Gasteiger charge is -2.21. The molecule has 0 radical (unpaired) electrons. The molecule has 2 heterocycles. The summed E-state index contributed by atoms with van der Waals surface area (Å²) in [6.07, 6.45) is 36.8. The Kier molecular flexibility index (Phi) is 5.99. The average molecular weight is 517 g/mol. The number of hydrogen-bond donors (Lipinski definition) is 0. The number of rotatable bonds is 10. The molecule has 10 aliphatic rings. The van der Waals surface area contributed by atoms with Crippen LogP contribution in [-0.4, -0.2) is 24.4 Å². The minimum Gasteiger partial charge on any atom is -0.369 e. The van der Waals surface area contributed by atoms with Crippen LogP contribution < -0.4 is 0 Å². The highest BCUT2D eigenvalue weighted by Gasteiger charge is 2.63. The van der Waals surface area contributed by atoms with Gasteiger partial charge in [-0.3, -0.25) is 0 Å². The Morgan fingerprint density at radius 2 is 0.868 bits per heavy atom. The summed E-state index contributed by atoms with van der Waals surface area (Å²) in [5, 5.41) is 0. The maximum absolute atomic E-state index is 5.79. The van der Waals surface area contributed by atoms with Gasteiger partial charge in [-0.25, -0.2) is 0 Å². The molecule has 2 nitrogen and oxygen atoms in total. The minimum absolute atomic E-state index is 0.716. The summed E-state index contributed by atoms with van der Waals surface area (Å²) < 4.78 is 11.6. The van der Waals surface area contributed by atoms with Gasteiger partial charge in [0.2, 0.25) is 0 Å². The minimum atomic E-state index is 0.716. The summed E-state index contributed by atoms with van der Waals surface area (Å²) in [6.45, 7) is 0. The van der Waals surface area contributed by atoms with Crippen LogP contribution in [0.4, 0.5) is 0 Å². The molecule has 2 saturated heterocycles. The highest BCUT2D eigenvalue weighted by molar-refractivity contribution is 5.12. The van der Waals surface area contributed by atoms with Crippen molar-refractivity contribution in [1.29, 1.82) is 0 Å². The van der Waals surface area contributed by atoms with Crippen LogP contribution in [0.3, 0.4) is 0 Å². The fraction of sp³-hybridized carbons (Fsp3) is 0.889. The lowest BCUT2D eigenvalue weighted by atomic mass is 9.82. The van der Waals surface area contributed by atoms with E-state index >= 15 is 0 Å². The van der Waals surface area contributed by atoms with Crippen molar-refractivity contribution < 1.29 is 9.47 Å². The number of epoxide rings is 2. The van der Waals surface area contributed by atoms with Crippen molar-refractivity contribution in [2.45, 2.75) is 127 Å². The molecule has 208 valence electrons. The Labute approximate surface area is 231 Å². The lowest BCUT2D eigenvalue weighted by molar-refractivity contribution is 0.238. The smallest absolute Gasteiger partial charge is 0.0875 e. The van der Waals surface area contributed by atoms with Gasteiger partial charge in [0.25, 0.3) is 0 Å². The van der Waals surface area contributed by atoms with E-state index in [0.717, 1.165) is 83.2 Å². The molecule has 6 saturated carbocycles. The van der Waals surface area contributed by atoms with Gasteiger partial charge in [0.05, 0.1) is 24.4 Å². The van der Waals surface area contributed by atoms with Crippen molar-refractivity contribution in [3.05, 3.63) is 24.3 Å². The largest absolute Gasteiger partial charge is 0.369 e. The van der Waals surface area contributed by atoms with Crippen molar-refractivity contribution in [2.24, 2.45) is 71.0 Å². The summed E-state index contributed by atoms with van der Waals surface area (Å²) in [5.41, 5.74) is 0. The maximum Gasteiger partial charge on any atom is 0.0875 e. The number of ether oxygens (including phenoxy) is 2. The first kappa shape index (κ1) is 24.0. The molecule has 16 atom stereocenters. The molecule has 16 unspecified atom stereocenters. The van der Waals surface area contributed by atoms with Gasteiger partial charge in [-0.2, -0.15) is 0 Å². The van der Waals surface area contributed by atoms with Gasteiger partial charge >= 0.3 is 0 Å². The van der Waals surface area contributed by atoms with Gasteiger partial charge < -0.3 is 9.47 Å². The summed E-state index contributed by atoms with van der Waals surface area (Å²) in [5.74, 6) is 11.9. The third-order valence-electron chi connectivity index (χ3n) is 14.1. The van der Waals surface area contributed by atoms with Gasteiger partial charge in [0.15, 0.2) is 0 Å². The Morgan fingerprint density at radius 1 is 0.421 bits per heavy atom. The van der Waals surface area contributed by atoms with E-state index in [9.17, 15) is 0 Å². The Hall–Kier alpha value is -0.600. The lowest BCUT2D eigenvalue weighted by Crippen LogP contribution is -2.19. The van der Waals surface area contributed by atoms with Crippen LogP contribution in [0.5, 0.6) is 0 Å². The van der Waals surface area contributed by atoms with E-state index in [-0.39, 0.29) is 0 Å². The van der Waals surface area contributed by atoms with E-state index in [4.69, 9.17) is 9.47 Å². The van der Waals surface area contributed by atoms with Gasteiger partial charge in [-0.15, -0.1) is 0 Å². The monoisotopic (exact) mass is 516 g/mol. The quantitative estimate of drug-likeness (QED) is 0.165. The van der Waals surface area contributed by atoms with E-state index in [1.54, 1.807) is 0 Å². The Balaban J connectivity index is 0.000000112. The molecule has 8 aliphatic carbocycles. The zero-order valence-electron chi connectivity index (χ0n) is 23.7. The van der Waals surface area contributed by atoms with Crippen molar-refractivity contribution in [3.63, 3.8) is 0 Å². The van der Waals surface area contributed by atoms with Crippen molar-refractivity contribution >= 4 is 0 Å². The topological polar surface area (TPSA) is 25.1 Å². The maximum atomic E-state index is 5.79. The van der Waals surface area contributed by atoms with E-state index in [1.807, 2.05) is 0 Å². The van der Waals surface area contributed by atoms with Gasteiger partial charge in [-0.1, -0.05) is 62.8 Å². The zero-order valence-corrected chi connectivity index (χ0v) is 23.7. The summed E-state index contributed by atoms with van der Waals surface area (Å²) in [7, 11) is 0. The third-order valence-corrected chi connectivity index (χ3v) is 14.1. The van der Waals surface area contributed by atoms with Gasteiger partial charge in [-0.05, 0) is 135 Å². The van der Waals surface area contributed by atoms with E-state index < -0.39 is 0 Å². The Morgan fingerprint density at radius 3 is 1.21 bits per heavy atom. The van der Waals surface area contributed by atoms with Crippen molar-refractivity contribution in [3.8, 4) is 0 Å². The summed E-state index contributed by atoms with van der Waals surface area (Å²) in [4.78, 5) is 0. The summed E-state index contributed by atoms with van der Waals surface area (Å²) in [6, 6.07) is 0. The van der Waals surface area contributed by atoms with E-state index in [0.29, 0.717) is 12.2 Å². The molecule has 8 fully saturated rings. The van der Waals surface area contributed by atoms with Crippen LogP contribution in [-0.2, 0) is 9.47 Å². The normalized spacial score (nSPS) is 56.0. The molecule has 0 aromatic carbocycles. The molecule has 0 aromatic heterocycles. The molecular formula is C36H52O2. The second kappa shape index (κ2) is 9.47. The highest BCUT2D eigenvalue weighted by Crippen LogP contribution is 2.61. The number of hydrogen-bond acceptors (Lipinski definition) is 2. The SMILES string of the molecule is C(CCC1CC2CC1C1OC21)CC1CC2CC1C1OC21.C1=CC2CC1CC2CCCCC1CC2C=CC1C2. The molecule has 0 amide bonds. The van der Waals surface area contributed by atoms with Crippen LogP contribution in [0.25, 0.3) is 0 Å². The molecular weight excluding hydrogens is 464 g/mol. The van der Waals surface area contributed by atoms with Gasteiger partial charge in [0.1, 0.15) is 0 Å². The predicted octanol–water partition coefficient (Wildman–Crippen LogP) is 8.36. The third kappa shape index (κ3) is 4.24. The molecule has 38 heavy (non-hydrogen) atoms. The number of fused-ring (bicyclic) bond motifs is 14. The first-order valence-electron chi connectivity index (χ1n) is 17.4. The second-order valence-corrected chi connectivity index (χ2v) is 16.1. The highest BCUT2D eigenvalue weighted by atomic mass is 16.6. The zero-order chi connectivity index (χ0) is 24.8. The van der Waals surface area contributed by atoms with Crippen LogP contribution >= 0.6 is 0 Å². The van der Waals surface area contributed by atoms with Gasteiger partial charge in [0, 0.05) is 0 Å². The van der Waals surface area contributed by atoms with Crippen LogP contribution in [0, 0.1) is 71.0 Å². The van der Waals surface area contributed by atoms with Crippen LogP contribution in [0.1, 0.15) is 103 Å². The van der Waals surface area contributed by atoms with Crippen molar-refractivity contribution in [1.82, 2.24) is 0 Å². The van der Waals surface area contributed by atoms with E-state index in [1.165, 1.54) is 103 Å². The summed E-state index contributed by atoms with van der Waals surface area (Å²) >= 11 is 0.